The molecular weight excluding hydrogens is 518 g/mol. The normalized spacial score (nSPS) is 11.8. The maximum Gasteiger partial charge on any atom is 0.331 e. The zero-order valence-electron chi connectivity index (χ0n) is 21.4. The summed E-state index contributed by atoms with van der Waals surface area (Å²) in [7, 11) is -0.861. The zero-order valence-corrected chi connectivity index (χ0v) is 22.3. The van der Waals surface area contributed by atoms with Crippen LogP contribution in [-0.2, 0) is 30.7 Å². The van der Waals surface area contributed by atoms with Gasteiger partial charge in [0.15, 0.2) is 0 Å². The quantitative estimate of drug-likeness (QED) is 0.304. The van der Waals surface area contributed by atoms with Crippen molar-refractivity contribution >= 4 is 21.1 Å². The molecule has 0 unspecified atom stereocenters. The summed E-state index contributed by atoms with van der Waals surface area (Å²) in [6, 6.07) is 22.8. The van der Waals surface area contributed by atoms with Crippen molar-refractivity contribution in [2.45, 2.75) is 11.4 Å². The van der Waals surface area contributed by atoms with Crippen LogP contribution in [0.5, 0.6) is 5.88 Å². The number of nitrogens with one attached hydrogen (secondary N) is 1. The molecule has 3 aromatic heterocycles. The third-order valence-electron chi connectivity index (χ3n) is 6.48. The van der Waals surface area contributed by atoms with Crippen LogP contribution in [-0.4, -0.2) is 45.0 Å². The average Bonchev–Trinajstić information content (AvgIpc) is 3.41. The van der Waals surface area contributed by atoms with Gasteiger partial charge in [0, 0.05) is 45.1 Å². The van der Waals surface area contributed by atoms with E-state index in [4.69, 9.17) is 4.74 Å². The second kappa shape index (κ2) is 10.7. The lowest BCUT2D eigenvalue weighted by molar-refractivity contribution is 0.262. The van der Waals surface area contributed by atoms with E-state index in [0.717, 1.165) is 10.1 Å². The van der Waals surface area contributed by atoms with Crippen molar-refractivity contribution in [2.24, 2.45) is 14.1 Å². The van der Waals surface area contributed by atoms with Gasteiger partial charge < -0.3 is 9.72 Å². The second-order valence-electron chi connectivity index (χ2n) is 9.01. The Morgan fingerprint density at radius 3 is 2.33 bits per heavy atom. The fourth-order valence-electron chi connectivity index (χ4n) is 4.32. The number of H-pyrrole nitrogens is 1. The number of aromatic nitrogens is 4. The molecule has 5 rings (SSSR count). The Labute approximate surface area is 224 Å². The van der Waals surface area contributed by atoms with E-state index in [0.29, 0.717) is 28.2 Å². The van der Waals surface area contributed by atoms with Gasteiger partial charge in [-0.3, -0.25) is 13.9 Å². The summed E-state index contributed by atoms with van der Waals surface area (Å²) >= 11 is 0. The number of hydrogen-bond donors (Lipinski definition) is 1. The summed E-state index contributed by atoms with van der Waals surface area (Å²) in [5, 5.41) is 0. The number of aryl methyl sites for hydroxylation is 1. The fraction of sp³-hybridized carbons (Fsp3) is 0.179. The summed E-state index contributed by atoms with van der Waals surface area (Å²) < 4.78 is 36.9. The van der Waals surface area contributed by atoms with Gasteiger partial charge in [0.05, 0.1) is 10.4 Å². The standard InChI is InChI=1S/C28H27N5O5S/c1-31-24-18-23(30-26(24)27(34)32(2)28(31)35)21-11-13-22(14-12-21)39(36,37)33(19-20-8-4-3-5-9-20)16-17-38-25-10-6-7-15-29-25/h3-15,18,30H,16-17,19H2,1-2H3. The van der Waals surface area contributed by atoms with Crippen LogP contribution in [0.3, 0.4) is 0 Å². The van der Waals surface area contributed by atoms with E-state index in [9.17, 15) is 18.0 Å². The molecule has 0 saturated heterocycles. The molecule has 0 atom stereocenters. The Bertz CT molecular complexity index is 1830. The first-order chi connectivity index (χ1) is 18.8. The number of ether oxygens (including phenoxy) is 1. The molecule has 3 heterocycles. The number of pyridine rings is 1. The monoisotopic (exact) mass is 545 g/mol. The Balaban J connectivity index is 1.43. The van der Waals surface area contributed by atoms with E-state index in [2.05, 4.69) is 9.97 Å². The first-order valence-electron chi connectivity index (χ1n) is 12.2. The molecule has 10 nitrogen and oxygen atoms in total. The largest absolute Gasteiger partial charge is 0.476 e. The highest BCUT2D eigenvalue weighted by molar-refractivity contribution is 7.89. The van der Waals surface area contributed by atoms with E-state index >= 15 is 0 Å². The van der Waals surface area contributed by atoms with E-state index in [1.54, 1.807) is 49.6 Å². The second-order valence-corrected chi connectivity index (χ2v) is 11.0. The fourth-order valence-corrected chi connectivity index (χ4v) is 5.73. The van der Waals surface area contributed by atoms with Crippen molar-refractivity contribution in [1.29, 1.82) is 0 Å². The van der Waals surface area contributed by atoms with Crippen molar-refractivity contribution < 1.29 is 13.2 Å². The SMILES string of the molecule is Cn1c(=O)c2[nH]c(-c3ccc(S(=O)(=O)N(CCOc4ccccn4)Cc4ccccc4)cc3)cc2n(C)c1=O. The Hall–Kier alpha value is -4.48. The molecule has 0 aliphatic heterocycles. The van der Waals surface area contributed by atoms with Gasteiger partial charge in [-0.2, -0.15) is 4.31 Å². The number of benzene rings is 2. The van der Waals surface area contributed by atoms with Crippen molar-refractivity contribution in [1.82, 2.24) is 23.4 Å². The lowest BCUT2D eigenvalue weighted by Gasteiger charge is -2.22. The van der Waals surface area contributed by atoms with Crippen LogP contribution in [0.25, 0.3) is 22.3 Å². The molecule has 0 fully saturated rings. The van der Waals surface area contributed by atoms with E-state index in [1.165, 1.54) is 28.1 Å². The Kier molecular flexibility index (Phi) is 7.18. The highest BCUT2D eigenvalue weighted by Crippen LogP contribution is 2.25. The third kappa shape index (κ3) is 5.27. The molecule has 200 valence electrons. The van der Waals surface area contributed by atoms with Gasteiger partial charge in [0.1, 0.15) is 12.1 Å². The molecule has 0 aliphatic carbocycles. The lowest BCUT2D eigenvalue weighted by Crippen LogP contribution is -2.36. The molecule has 0 spiro atoms. The van der Waals surface area contributed by atoms with E-state index in [-0.39, 0.29) is 24.6 Å². The van der Waals surface area contributed by atoms with Crippen LogP contribution in [0.1, 0.15) is 5.56 Å². The van der Waals surface area contributed by atoms with Gasteiger partial charge in [0.25, 0.3) is 5.56 Å². The minimum absolute atomic E-state index is 0.120. The third-order valence-corrected chi connectivity index (χ3v) is 8.34. The summed E-state index contributed by atoms with van der Waals surface area (Å²) in [6.45, 7) is 0.425. The summed E-state index contributed by atoms with van der Waals surface area (Å²) in [5.41, 5.74) is 2.03. The van der Waals surface area contributed by atoms with Crippen LogP contribution in [0.4, 0.5) is 0 Å². The highest BCUT2D eigenvalue weighted by atomic mass is 32.2. The van der Waals surface area contributed by atoms with Crippen LogP contribution in [0.2, 0.25) is 0 Å². The first kappa shape index (κ1) is 26.1. The van der Waals surface area contributed by atoms with Gasteiger partial charge in [0.2, 0.25) is 15.9 Å². The molecule has 39 heavy (non-hydrogen) atoms. The van der Waals surface area contributed by atoms with Crippen LogP contribution < -0.4 is 16.0 Å². The molecule has 2 aromatic carbocycles. The molecule has 0 saturated carbocycles. The van der Waals surface area contributed by atoms with Crippen molar-refractivity contribution in [3.05, 3.63) is 111 Å². The van der Waals surface area contributed by atoms with Crippen LogP contribution in [0, 0.1) is 0 Å². The van der Waals surface area contributed by atoms with Crippen LogP contribution in [0.15, 0.2) is 99.5 Å². The minimum Gasteiger partial charge on any atom is -0.476 e. The molecule has 0 aliphatic rings. The number of rotatable bonds is 9. The summed E-state index contributed by atoms with van der Waals surface area (Å²) in [6.07, 6.45) is 1.61. The van der Waals surface area contributed by atoms with Crippen molar-refractivity contribution in [3.8, 4) is 17.1 Å². The number of hydrogen-bond acceptors (Lipinski definition) is 6. The van der Waals surface area contributed by atoms with Crippen molar-refractivity contribution in [3.63, 3.8) is 0 Å². The Morgan fingerprint density at radius 1 is 0.923 bits per heavy atom. The topological polar surface area (TPSA) is 119 Å². The lowest BCUT2D eigenvalue weighted by atomic mass is 10.1. The molecule has 0 radical (unpaired) electrons. The van der Waals surface area contributed by atoms with Gasteiger partial charge in [-0.05, 0) is 35.4 Å². The molecular formula is C28H27N5O5S. The number of fused-ring (bicyclic) bond motifs is 1. The average molecular weight is 546 g/mol. The number of sulfonamides is 1. The number of aromatic amines is 1. The molecule has 0 amide bonds. The molecule has 0 bridgehead atoms. The predicted molar refractivity (Wildman–Crippen MR) is 148 cm³/mol. The van der Waals surface area contributed by atoms with Gasteiger partial charge in [-0.25, -0.2) is 18.2 Å². The molecule has 11 heteroatoms. The van der Waals surface area contributed by atoms with Gasteiger partial charge in [-0.1, -0.05) is 48.5 Å². The van der Waals surface area contributed by atoms with Gasteiger partial charge >= 0.3 is 5.69 Å². The summed E-state index contributed by atoms with van der Waals surface area (Å²) in [4.78, 5) is 32.2. The molecule has 5 aromatic rings. The van der Waals surface area contributed by atoms with E-state index < -0.39 is 21.3 Å². The Morgan fingerprint density at radius 2 is 1.64 bits per heavy atom. The summed E-state index contributed by atoms with van der Waals surface area (Å²) in [5.74, 6) is 0.421. The van der Waals surface area contributed by atoms with Gasteiger partial charge in [-0.15, -0.1) is 0 Å². The highest BCUT2D eigenvalue weighted by Gasteiger charge is 2.25. The predicted octanol–water partition coefficient (Wildman–Crippen LogP) is 2.90. The van der Waals surface area contributed by atoms with Crippen molar-refractivity contribution in [2.75, 3.05) is 13.2 Å². The van der Waals surface area contributed by atoms with E-state index in [1.807, 2.05) is 30.3 Å². The maximum absolute atomic E-state index is 13.7. The number of nitrogens with zero attached hydrogens (tertiary/aromatic N) is 4. The van der Waals surface area contributed by atoms with Crippen LogP contribution >= 0.6 is 0 Å². The minimum atomic E-state index is -3.88. The smallest absolute Gasteiger partial charge is 0.331 e. The zero-order chi connectivity index (χ0) is 27.6. The first-order valence-corrected chi connectivity index (χ1v) is 13.7. The molecule has 1 N–H and O–H groups in total. The maximum atomic E-state index is 13.7.